The zero-order valence-electron chi connectivity index (χ0n) is 9.58. The van der Waals surface area contributed by atoms with Gasteiger partial charge in [-0.15, -0.1) is 0 Å². The van der Waals surface area contributed by atoms with Crippen molar-refractivity contribution in [1.29, 1.82) is 0 Å². The molecule has 0 aromatic rings. The lowest BCUT2D eigenvalue weighted by Gasteiger charge is -2.15. The summed E-state index contributed by atoms with van der Waals surface area (Å²) in [5, 5.41) is 2.58. The normalized spacial score (nSPS) is 14.1. The molecule has 5 heteroatoms. The second-order valence-corrected chi connectivity index (χ2v) is 3.59. The van der Waals surface area contributed by atoms with Gasteiger partial charge < -0.3 is 15.8 Å². The summed E-state index contributed by atoms with van der Waals surface area (Å²) < 4.78 is 4.50. The van der Waals surface area contributed by atoms with E-state index in [0.717, 1.165) is 12.8 Å². The van der Waals surface area contributed by atoms with Crippen LogP contribution in [-0.4, -0.2) is 31.6 Å². The lowest BCUT2D eigenvalue weighted by molar-refractivity contribution is -0.145. The van der Waals surface area contributed by atoms with Gasteiger partial charge in [0.2, 0.25) is 5.91 Å². The minimum absolute atomic E-state index is 0.124. The molecule has 0 fully saturated rings. The standard InChI is InChI=1S/C10H20N2O3/c1-7(5-4-6-11)9(13)12-8(2)10(14)15-3/h7-8H,4-6,11H2,1-3H3,(H,12,13). The zero-order chi connectivity index (χ0) is 11.8. The highest BCUT2D eigenvalue weighted by Crippen LogP contribution is 2.05. The number of carbonyl (C=O) groups is 2. The zero-order valence-corrected chi connectivity index (χ0v) is 9.58. The number of carbonyl (C=O) groups excluding carboxylic acids is 2. The summed E-state index contributed by atoms with van der Waals surface area (Å²) in [6.45, 7) is 3.98. The van der Waals surface area contributed by atoms with Gasteiger partial charge in [0.25, 0.3) is 0 Å². The summed E-state index contributed by atoms with van der Waals surface area (Å²) in [6.07, 6.45) is 1.54. The van der Waals surface area contributed by atoms with Gasteiger partial charge in [0.05, 0.1) is 7.11 Å². The molecule has 0 spiro atoms. The number of hydrogen-bond donors (Lipinski definition) is 2. The molecule has 0 aliphatic carbocycles. The van der Waals surface area contributed by atoms with Gasteiger partial charge in [0.1, 0.15) is 6.04 Å². The minimum Gasteiger partial charge on any atom is -0.467 e. The molecule has 0 aromatic carbocycles. The van der Waals surface area contributed by atoms with Gasteiger partial charge in [-0.05, 0) is 26.3 Å². The molecule has 2 atom stereocenters. The number of esters is 1. The van der Waals surface area contributed by atoms with Gasteiger partial charge in [-0.2, -0.15) is 0 Å². The van der Waals surface area contributed by atoms with Gasteiger partial charge in [0, 0.05) is 5.92 Å². The van der Waals surface area contributed by atoms with E-state index >= 15 is 0 Å². The van der Waals surface area contributed by atoms with Crippen LogP contribution >= 0.6 is 0 Å². The summed E-state index contributed by atoms with van der Waals surface area (Å²) in [5.74, 6) is -0.698. The first-order valence-corrected chi connectivity index (χ1v) is 5.11. The van der Waals surface area contributed by atoms with Gasteiger partial charge >= 0.3 is 5.97 Å². The third-order valence-electron chi connectivity index (χ3n) is 2.20. The number of hydrogen-bond acceptors (Lipinski definition) is 4. The van der Waals surface area contributed by atoms with Gasteiger partial charge in [-0.25, -0.2) is 4.79 Å². The van der Waals surface area contributed by atoms with Crippen molar-refractivity contribution in [3.63, 3.8) is 0 Å². The maximum atomic E-state index is 11.5. The van der Waals surface area contributed by atoms with E-state index < -0.39 is 12.0 Å². The number of rotatable bonds is 6. The molecule has 3 N–H and O–H groups in total. The predicted molar refractivity (Wildman–Crippen MR) is 57.1 cm³/mol. The first-order valence-electron chi connectivity index (χ1n) is 5.11. The Morgan fingerprint density at radius 2 is 2.00 bits per heavy atom. The molecule has 0 aromatic heterocycles. The first-order chi connectivity index (χ1) is 7.02. The molecular weight excluding hydrogens is 196 g/mol. The van der Waals surface area contributed by atoms with E-state index in [1.165, 1.54) is 7.11 Å². The number of nitrogens with two attached hydrogens (primary N) is 1. The highest BCUT2D eigenvalue weighted by Gasteiger charge is 2.19. The summed E-state index contributed by atoms with van der Waals surface area (Å²) >= 11 is 0. The SMILES string of the molecule is COC(=O)C(C)NC(=O)C(C)CCCN. The molecule has 88 valence electrons. The van der Waals surface area contributed by atoms with Crippen LogP contribution in [0.15, 0.2) is 0 Å². The largest absolute Gasteiger partial charge is 0.467 e. The highest BCUT2D eigenvalue weighted by molar-refractivity contribution is 5.85. The maximum Gasteiger partial charge on any atom is 0.328 e. The van der Waals surface area contributed by atoms with E-state index in [2.05, 4.69) is 10.1 Å². The lowest BCUT2D eigenvalue weighted by atomic mass is 10.0. The average molecular weight is 216 g/mol. The van der Waals surface area contributed by atoms with Crippen LogP contribution in [-0.2, 0) is 14.3 Å². The molecular formula is C10H20N2O3. The Bertz CT molecular complexity index is 219. The second-order valence-electron chi connectivity index (χ2n) is 3.59. The number of methoxy groups -OCH3 is 1. The predicted octanol–water partition coefficient (Wildman–Crippen LogP) is 0.0391. The Morgan fingerprint density at radius 3 is 2.47 bits per heavy atom. The van der Waals surface area contributed by atoms with E-state index in [0.29, 0.717) is 6.54 Å². The Balaban J connectivity index is 3.95. The van der Waals surface area contributed by atoms with Crippen LogP contribution in [0.4, 0.5) is 0 Å². The maximum absolute atomic E-state index is 11.5. The second kappa shape index (κ2) is 7.23. The Labute approximate surface area is 90.4 Å². The molecule has 0 rings (SSSR count). The van der Waals surface area contributed by atoms with Crippen molar-refractivity contribution in [2.24, 2.45) is 11.7 Å². The topological polar surface area (TPSA) is 81.4 Å². The third kappa shape index (κ3) is 5.37. The van der Waals surface area contributed by atoms with Crippen LogP contribution in [0.2, 0.25) is 0 Å². The van der Waals surface area contributed by atoms with Crippen molar-refractivity contribution in [2.75, 3.05) is 13.7 Å². The minimum atomic E-state index is -0.595. The van der Waals surface area contributed by atoms with Gasteiger partial charge in [-0.3, -0.25) is 4.79 Å². The lowest BCUT2D eigenvalue weighted by Crippen LogP contribution is -2.41. The van der Waals surface area contributed by atoms with Crippen LogP contribution in [0.1, 0.15) is 26.7 Å². The Hall–Kier alpha value is -1.10. The average Bonchev–Trinajstić information content (AvgIpc) is 2.24. The smallest absolute Gasteiger partial charge is 0.328 e. The summed E-state index contributed by atoms with van der Waals surface area (Å²) in [5.41, 5.74) is 5.34. The number of amides is 1. The quantitative estimate of drug-likeness (QED) is 0.614. The molecule has 2 unspecified atom stereocenters. The fourth-order valence-electron chi connectivity index (χ4n) is 1.15. The Morgan fingerprint density at radius 1 is 1.40 bits per heavy atom. The van der Waals surface area contributed by atoms with Crippen LogP contribution < -0.4 is 11.1 Å². The monoisotopic (exact) mass is 216 g/mol. The first kappa shape index (κ1) is 13.9. The summed E-state index contributed by atoms with van der Waals surface area (Å²) in [7, 11) is 1.29. The molecule has 0 saturated heterocycles. The van der Waals surface area contributed by atoms with Crippen LogP contribution in [0.3, 0.4) is 0 Å². The number of nitrogens with one attached hydrogen (secondary N) is 1. The Kier molecular flexibility index (Phi) is 6.70. The van der Waals surface area contributed by atoms with Crippen LogP contribution in [0.25, 0.3) is 0 Å². The summed E-state index contributed by atoms with van der Waals surface area (Å²) in [4.78, 5) is 22.5. The molecule has 0 heterocycles. The van der Waals surface area contributed by atoms with Crippen molar-refractivity contribution in [2.45, 2.75) is 32.7 Å². The van der Waals surface area contributed by atoms with Crippen molar-refractivity contribution in [1.82, 2.24) is 5.32 Å². The molecule has 0 bridgehead atoms. The van der Waals surface area contributed by atoms with E-state index in [-0.39, 0.29) is 11.8 Å². The van der Waals surface area contributed by atoms with Crippen molar-refractivity contribution >= 4 is 11.9 Å². The third-order valence-corrected chi connectivity index (χ3v) is 2.20. The molecule has 5 nitrogen and oxygen atoms in total. The van der Waals surface area contributed by atoms with Crippen molar-refractivity contribution < 1.29 is 14.3 Å². The van der Waals surface area contributed by atoms with Gasteiger partial charge in [0.15, 0.2) is 0 Å². The molecule has 0 saturated carbocycles. The van der Waals surface area contributed by atoms with Gasteiger partial charge in [-0.1, -0.05) is 6.92 Å². The van der Waals surface area contributed by atoms with Crippen molar-refractivity contribution in [3.8, 4) is 0 Å². The van der Waals surface area contributed by atoms with Crippen LogP contribution in [0.5, 0.6) is 0 Å². The summed E-state index contributed by atoms with van der Waals surface area (Å²) in [6, 6.07) is -0.595. The molecule has 15 heavy (non-hydrogen) atoms. The van der Waals surface area contributed by atoms with Crippen LogP contribution in [0, 0.1) is 5.92 Å². The highest BCUT2D eigenvalue weighted by atomic mass is 16.5. The van der Waals surface area contributed by atoms with E-state index in [4.69, 9.17) is 5.73 Å². The molecule has 1 amide bonds. The number of ether oxygens (including phenoxy) is 1. The van der Waals surface area contributed by atoms with E-state index in [1.807, 2.05) is 6.92 Å². The van der Waals surface area contributed by atoms with E-state index in [9.17, 15) is 9.59 Å². The van der Waals surface area contributed by atoms with Crippen molar-refractivity contribution in [3.05, 3.63) is 0 Å². The molecule has 0 aliphatic rings. The molecule has 0 radical (unpaired) electrons. The van der Waals surface area contributed by atoms with E-state index in [1.54, 1.807) is 6.92 Å². The fourth-order valence-corrected chi connectivity index (χ4v) is 1.15. The molecule has 0 aliphatic heterocycles. The fraction of sp³-hybridized carbons (Fsp3) is 0.800.